The summed E-state index contributed by atoms with van der Waals surface area (Å²) < 4.78 is 40.2. The summed E-state index contributed by atoms with van der Waals surface area (Å²) in [6.45, 7) is 1.66. The standard InChI is InChI=1S/C17H16N6O4S/c1-10-20-17(21-27-10)13-6-5-12(9-18-13)28(24,25)22-15-14(26-3)7-4-11-8-19-23(2)16(11)15/h4-9,22H,1-3H3. The van der Waals surface area contributed by atoms with E-state index in [9.17, 15) is 8.42 Å². The van der Waals surface area contributed by atoms with Crippen molar-refractivity contribution in [2.45, 2.75) is 11.8 Å². The molecule has 28 heavy (non-hydrogen) atoms. The number of hydrogen-bond donors (Lipinski definition) is 1. The van der Waals surface area contributed by atoms with Crippen molar-refractivity contribution in [1.82, 2.24) is 24.9 Å². The zero-order chi connectivity index (χ0) is 19.9. The molecule has 4 rings (SSSR count). The van der Waals surface area contributed by atoms with E-state index in [4.69, 9.17) is 9.26 Å². The molecule has 0 saturated carbocycles. The third-order valence-corrected chi connectivity index (χ3v) is 5.46. The fraction of sp³-hybridized carbons (Fsp3) is 0.176. The SMILES string of the molecule is COc1ccc2cnn(C)c2c1NS(=O)(=O)c1ccc(-c2noc(C)n2)nc1. The summed E-state index contributed by atoms with van der Waals surface area (Å²) in [6, 6.07) is 6.43. The van der Waals surface area contributed by atoms with Crippen LogP contribution in [0.3, 0.4) is 0 Å². The molecule has 0 fully saturated rings. The molecule has 0 aliphatic heterocycles. The van der Waals surface area contributed by atoms with E-state index in [2.05, 4.69) is 24.9 Å². The van der Waals surface area contributed by atoms with Gasteiger partial charge in [0, 0.05) is 25.6 Å². The van der Waals surface area contributed by atoms with E-state index in [0.717, 1.165) is 5.39 Å². The van der Waals surface area contributed by atoms with Gasteiger partial charge in [-0.3, -0.25) is 14.4 Å². The fourth-order valence-corrected chi connectivity index (χ4v) is 3.81. The van der Waals surface area contributed by atoms with E-state index in [1.165, 1.54) is 25.4 Å². The first-order valence-corrected chi connectivity index (χ1v) is 9.65. The van der Waals surface area contributed by atoms with Crippen LogP contribution in [-0.2, 0) is 17.1 Å². The van der Waals surface area contributed by atoms with Gasteiger partial charge in [-0.15, -0.1) is 0 Å². The van der Waals surface area contributed by atoms with Gasteiger partial charge in [-0.1, -0.05) is 5.16 Å². The summed E-state index contributed by atoms with van der Waals surface area (Å²) in [4.78, 5) is 8.18. The molecule has 0 aliphatic rings. The van der Waals surface area contributed by atoms with Gasteiger partial charge in [0.05, 0.1) is 18.8 Å². The summed E-state index contributed by atoms with van der Waals surface area (Å²) >= 11 is 0. The van der Waals surface area contributed by atoms with E-state index < -0.39 is 10.0 Å². The molecule has 0 bridgehead atoms. The first-order chi connectivity index (χ1) is 13.4. The average Bonchev–Trinajstić information content (AvgIpc) is 3.28. The Morgan fingerprint density at radius 3 is 2.64 bits per heavy atom. The molecule has 1 N–H and O–H groups in total. The zero-order valence-corrected chi connectivity index (χ0v) is 16.1. The van der Waals surface area contributed by atoms with Gasteiger partial charge in [0.1, 0.15) is 22.0 Å². The fourth-order valence-electron chi connectivity index (χ4n) is 2.78. The molecule has 0 amide bonds. The van der Waals surface area contributed by atoms with Gasteiger partial charge in [0.2, 0.25) is 11.7 Å². The molecule has 0 spiro atoms. The Balaban J connectivity index is 1.72. The highest BCUT2D eigenvalue weighted by Crippen LogP contribution is 2.34. The molecule has 0 radical (unpaired) electrons. The number of benzene rings is 1. The van der Waals surface area contributed by atoms with E-state index in [-0.39, 0.29) is 10.7 Å². The second-order valence-corrected chi connectivity index (χ2v) is 7.65. The first kappa shape index (κ1) is 17.9. The first-order valence-electron chi connectivity index (χ1n) is 8.17. The molecule has 0 atom stereocenters. The molecule has 3 heterocycles. The number of aromatic nitrogens is 5. The Morgan fingerprint density at radius 1 is 1.18 bits per heavy atom. The summed E-state index contributed by atoms with van der Waals surface area (Å²) in [5, 5.41) is 8.72. The molecule has 10 nitrogen and oxygen atoms in total. The maximum absolute atomic E-state index is 12.9. The lowest BCUT2D eigenvalue weighted by Crippen LogP contribution is -2.15. The van der Waals surface area contributed by atoms with Crippen LogP contribution in [0.2, 0.25) is 0 Å². The number of nitrogens with one attached hydrogen (secondary N) is 1. The predicted octanol–water partition coefficient (Wildman–Crippen LogP) is 2.14. The largest absolute Gasteiger partial charge is 0.494 e. The predicted molar refractivity (Wildman–Crippen MR) is 100 cm³/mol. The average molecular weight is 400 g/mol. The highest BCUT2D eigenvalue weighted by molar-refractivity contribution is 7.92. The lowest BCUT2D eigenvalue weighted by atomic mass is 10.2. The quantitative estimate of drug-likeness (QED) is 0.540. The minimum Gasteiger partial charge on any atom is -0.494 e. The maximum atomic E-state index is 12.9. The van der Waals surface area contributed by atoms with Crippen LogP contribution in [0, 0.1) is 6.92 Å². The van der Waals surface area contributed by atoms with Crippen LogP contribution >= 0.6 is 0 Å². The van der Waals surface area contributed by atoms with Crippen molar-refractivity contribution >= 4 is 26.6 Å². The summed E-state index contributed by atoms with van der Waals surface area (Å²) in [7, 11) is -0.728. The molecule has 0 unspecified atom stereocenters. The number of methoxy groups -OCH3 is 1. The molecule has 1 aromatic carbocycles. The topological polar surface area (TPSA) is 125 Å². The van der Waals surface area contributed by atoms with E-state index in [1.54, 1.807) is 30.9 Å². The smallest absolute Gasteiger partial charge is 0.263 e. The van der Waals surface area contributed by atoms with Gasteiger partial charge in [-0.05, 0) is 24.3 Å². The van der Waals surface area contributed by atoms with E-state index in [0.29, 0.717) is 28.5 Å². The maximum Gasteiger partial charge on any atom is 0.263 e. The van der Waals surface area contributed by atoms with Gasteiger partial charge in [-0.2, -0.15) is 10.1 Å². The lowest BCUT2D eigenvalue weighted by molar-refractivity contribution is 0.394. The highest BCUT2D eigenvalue weighted by atomic mass is 32.2. The number of aryl methyl sites for hydroxylation is 2. The Bertz CT molecular complexity index is 1260. The summed E-state index contributed by atoms with van der Waals surface area (Å²) in [5.41, 5.74) is 1.31. The minimum absolute atomic E-state index is 0.0160. The summed E-state index contributed by atoms with van der Waals surface area (Å²) in [6.07, 6.45) is 2.88. The van der Waals surface area contributed by atoms with Crippen molar-refractivity contribution in [3.63, 3.8) is 0 Å². The van der Waals surface area contributed by atoms with Crippen LogP contribution in [0.1, 0.15) is 5.89 Å². The van der Waals surface area contributed by atoms with Crippen LogP contribution in [0.5, 0.6) is 5.75 Å². The van der Waals surface area contributed by atoms with Gasteiger partial charge in [0.15, 0.2) is 0 Å². The molecular weight excluding hydrogens is 384 g/mol. The normalized spacial score (nSPS) is 11.7. The van der Waals surface area contributed by atoms with Crippen LogP contribution in [0.25, 0.3) is 22.4 Å². The van der Waals surface area contributed by atoms with Crippen LogP contribution in [-0.4, -0.2) is 40.4 Å². The Kier molecular flexibility index (Phi) is 4.23. The third kappa shape index (κ3) is 3.05. The monoisotopic (exact) mass is 400 g/mol. The molecule has 0 aliphatic carbocycles. The van der Waals surface area contributed by atoms with Crippen LogP contribution < -0.4 is 9.46 Å². The lowest BCUT2D eigenvalue weighted by Gasteiger charge is -2.13. The third-order valence-electron chi connectivity index (χ3n) is 4.12. The number of pyridine rings is 1. The number of hydrogen-bond acceptors (Lipinski definition) is 8. The van der Waals surface area contributed by atoms with E-state index in [1.807, 2.05) is 6.07 Å². The Hall–Kier alpha value is -3.47. The summed E-state index contributed by atoms with van der Waals surface area (Å²) in [5.74, 6) is 1.06. The molecular formula is C17H16N6O4S. The minimum atomic E-state index is -3.92. The van der Waals surface area contributed by atoms with Gasteiger partial charge < -0.3 is 9.26 Å². The molecule has 0 saturated heterocycles. The second-order valence-electron chi connectivity index (χ2n) is 5.97. The number of rotatable bonds is 5. The Labute approximate surface area is 160 Å². The van der Waals surface area contributed by atoms with Crippen molar-refractivity contribution in [3.8, 4) is 17.3 Å². The highest BCUT2D eigenvalue weighted by Gasteiger charge is 2.21. The number of fused-ring (bicyclic) bond motifs is 1. The Morgan fingerprint density at radius 2 is 2.00 bits per heavy atom. The number of nitrogens with zero attached hydrogens (tertiary/aromatic N) is 5. The zero-order valence-electron chi connectivity index (χ0n) is 15.2. The molecule has 3 aromatic heterocycles. The number of ether oxygens (including phenoxy) is 1. The molecule has 11 heteroatoms. The van der Waals surface area contributed by atoms with Gasteiger partial charge >= 0.3 is 0 Å². The van der Waals surface area contributed by atoms with Crippen molar-refractivity contribution in [2.75, 3.05) is 11.8 Å². The van der Waals surface area contributed by atoms with Gasteiger partial charge in [0.25, 0.3) is 10.0 Å². The van der Waals surface area contributed by atoms with Crippen molar-refractivity contribution < 1.29 is 17.7 Å². The van der Waals surface area contributed by atoms with E-state index >= 15 is 0 Å². The van der Waals surface area contributed by atoms with Crippen molar-refractivity contribution in [2.24, 2.45) is 7.05 Å². The van der Waals surface area contributed by atoms with Crippen LogP contribution in [0.4, 0.5) is 5.69 Å². The van der Waals surface area contributed by atoms with Crippen molar-refractivity contribution in [3.05, 3.63) is 42.5 Å². The molecule has 144 valence electrons. The van der Waals surface area contributed by atoms with Crippen LogP contribution in [0.15, 0.2) is 46.1 Å². The van der Waals surface area contributed by atoms with Gasteiger partial charge in [-0.25, -0.2) is 8.42 Å². The number of sulfonamides is 1. The second kappa shape index (κ2) is 6.60. The van der Waals surface area contributed by atoms with Crippen molar-refractivity contribution in [1.29, 1.82) is 0 Å². The number of anilines is 1. The molecule has 4 aromatic rings.